The van der Waals surface area contributed by atoms with Crippen LogP contribution >= 0.6 is 11.3 Å². The third kappa shape index (κ3) is 8.83. The molecule has 69 heavy (non-hydrogen) atoms. The number of rotatable bonds is 8. The molecular weight excluding hydrogens is 903 g/mol. The molecule has 334 valence electrons. The third-order valence-corrected chi connectivity index (χ3v) is 12.8. The summed E-state index contributed by atoms with van der Waals surface area (Å²) in [7, 11) is 0. The van der Waals surface area contributed by atoms with Crippen molar-refractivity contribution in [3.63, 3.8) is 0 Å². The predicted molar refractivity (Wildman–Crippen MR) is 260 cm³/mol. The van der Waals surface area contributed by atoms with E-state index in [0.29, 0.717) is 34.4 Å². The molecule has 0 amide bonds. The molecule has 0 saturated carbocycles. The van der Waals surface area contributed by atoms with Crippen LogP contribution in [0.25, 0.3) is 111 Å². The quantitative estimate of drug-likeness (QED) is 0.141. The molecule has 6 nitrogen and oxygen atoms in total. The summed E-state index contributed by atoms with van der Waals surface area (Å²) in [6, 6.07) is 56.9. The topological polar surface area (TPSA) is 77.3 Å². The fourth-order valence-electron chi connectivity index (χ4n) is 8.08. The number of alkyl halides is 6. The Hall–Kier alpha value is -8.42. The molecule has 3 heterocycles. The van der Waals surface area contributed by atoms with Crippen LogP contribution in [0.1, 0.15) is 11.1 Å². The molecule has 0 atom stereocenters. The Bertz CT molecular complexity index is 3410. The third-order valence-electron chi connectivity index (χ3n) is 11.7. The van der Waals surface area contributed by atoms with Gasteiger partial charge in [-0.25, -0.2) is 29.9 Å². The molecule has 0 fully saturated rings. The maximum Gasteiger partial charge on any atom is 0.416 e. The van der Waals surface area contributed by atoms with Crippen LogP contribution in [-0.4, -0.2) is 29.9 Å². The van der Waals surface area contributed by atoms with Gasteiger partial charge in [0, 0.05) is 53.6 Å². The minimum atomic E-state index is -4.47. The van der Waals surface area contributed by atoms with Gasteiger partial charge in [0.2, 0.25) is 0 Å². The number of aromatic nitrogens is 6. The van der Waals surface area contributed by atoms with Crippen LogP contribution in [-0.2, 0) is 12.4 Å². The van der Waals surface area contributed by atoms with E-state index in [9.17, 15) is 26.3 Å². The van der Waals surface area contributed by atoms with Gasteiger partial charge in [0.05, 0.1) is 11.1 Å². The van der Waals surface area contributed by atoms with Crippen molar-refractivity contribution in [2.24, 2.45) is 0 Å². The van der Waals surface area contributed by atoms with Gasteiger partial charge in [-0.15, -0.1) is 11.3 Å². The van der Waals surface area contributed by atoms with Gasteiger partial charge in [-0.2, -0.15) is 26.3 Å². The van der Waals surface area contributed by atoms with Crippen LogP contribution in [0.5, 0.6) is 0 Å². The second-order valence-electron chi connectivity index (χ2n) is 16.2. The number of halogens is 6. The molecule has 0 bridgehead atoms. The molecular formula is C56H32F6N6S. The summed E-state index contributed by atoms with van der Waals surface area (Å²) in [5.41, 5.74) is 6.26. The van der Waals surface area contributed by atoms with Crippen molar-refractivity contribution in [1.29, 1.82) is 0 Å². The Labute approximate surface area is 394 Å². The number of thiophene rings is 1. The molecule has 11 aromatic rings. The zero-order valence-corrected chi connectivity index (χ0v) is 36.7. The molecule has 0 unspecified atom stereocenters. The molecule has 0 aliphatic carbocycles. The van der Waals surface area contributed by atoms with Gasteiger partial charge in [-0.1, -0.05) is 146 Å². The lowest BCUT2D eigenvalue weighted by Crippen LogP contribution is -2.04. The Kier molecular flexibility index (Phi) is 10.8. The number of fused-ring (bicyclic) bond motifs is 3. The molecule has 13 heteroatoms. The summed E-state index contributed by atoms with van der Waals surface area (Å²) >= 11 is 1.71. The fraction of sp³-hybridized carbons (Fsp3) is 0.0357. The first-order valence-corrected chi connectivity index (χ1v) is 22.4. The van der Waals surface area contributed by atoms with E-state index in [4.69, 9.17) is 19.9 Å². The number of benzene rings is 8. The first-order valence-electron chi connectivity index (χ1n) is 21.6. The van der Waals surface area contributed by atoms with E-state index in [-0.39, 0.29) is 11.6 Å². The van der Waals surface area contributed by atoms with E-state index in [2.05, 4.69) is 46.4 Å². The second kappa shape index (κ2) is 17.3. The molecule has 0 radical (unpaired) electrons. The SMILES string of the molecule is FC(F)(F)c1ccc(-c2nc(-c3ccccc3)nc(-c3ccc(-c4ccc5sc6ccc(-c7ccc(-c8nc(-c9ccccc9)nc(-c9ccc(C(F)(F)F)cc9)n8)cc7)cc6c5c4)cc3)n2)cc1. The zero-order valence-electron chi connectivity index (χ0n) is 35.8. The molecule has 0 N–H and O–H groups in total. The smallest absolute Gasteiger partial charge is 0.208 e. The van der Waals surface area contributed by atoms with Crippen LogP contribution in [0.4, 0.5) is 26.3 Å². The fourth-order valence-corrected chi connectivity index (χ4v) is 9.14. The minimum Gasteiger partial charge on any atom is -0.208 e. The maximum absolute atomic E-state index is 13.4. The van der Waals surface area contributed by atoms with Gasteiger partial charge in [0.15, 0.2) is 34.9 Å². The first-order chi connectivity index (χ1) is 33.4. The first kappa shape index (κ1) is 43.2. The average Bonchev–Trinajstić information content (AvgIpc) is 3.76. The summed E-state index contributed by atoms with van der Waals surface area (Å²) in [5, 5.41) is 2.21. The highest BCUT2D eigenvalue weighted by Gasteiger charge is 2.31. The van der Waals surface area contributed by atoms with Crippen molar-refractivity contribution < 1.29 is 26.3 Å². The highest BCUT2D eigenvalue weighted by molar-refractivity contribution is 7.25. The maximum atomic E-state index is 13.4. The van der Waals surface area contributed by atoms with Crippen molar-refractivity contribution in [2.75, 3.05) is 0 Å². The summed E-state index contributed by atoms with van der Waals surface area (Å²) in [4.78, 5) is 28.3. The van der Waals surface area contributed by atoms with Gasteiger partial charge < -0.3 is 0 Å². The molecule has 0 aliphatic heterocycles. The average molecular weight is 935 g/mol. The Morgan fingerprint density at radius 2 is 0.507 bits per heavy atom. The number of nitrogens with zero attached hydrogens (tertiary/aromatic N) is 6. The van der Waals surface area contributed by atoms with E-state index < -0.39 is 23.5 Å². The van der Waals surface area contributed by atoms with Gasteiger partial charge in [-0.05, 0) is 70.8 Å². The standard InChI is InChI=1S/C56H32F6N6S/c57-55(58,59)43-25-19-39(20-26-43)53-65-49(35-7-3-1-4-8-35)63-51(67-53)37-15-11-33(12-16-37)41-23-29-47-45(31-41)46-32-42(24-30-48(46)69-47)34-13-17-38(18-14-34)52-64-50(36-9-5-2-6-10-36)66-54(68-52)40-21-27-44(28-22-40)56(60,61)62/h1-32H. The highest BCUT2D eigenvalue weighted by Crippen LogP contribution is 2.40. The van der Waals surface area contributed by atoms with Crippen LogP contribution < -0.4 is 0 Å². The molecule has 0 saturated heterocycles. The van der Waals surface area contributed by atoms with Crippen molar-refractivity contribution in [1.82, 2.24) is 29.9 Å². The number of hydrogen-bond acceptors (Lipinski definition) is 7. The summed E-state index contributed by atoms with van der Waals surface area (Å²) < 4.78 is 82.5. The summed E-state index contributed by atoms with van der Waals surface area (Å²) in [6.45, 7) is 0. The Morgan fingerprint density at radius 3 is 0.797 bits per heavy atom. The Balaban J connectivity index is 0.891. The van der Waals surface area contributed by atoms with Crippen molar-refractivity contribution in [3.05, 3.63) is 205 Å². The largest absolute Gasteiger partial charge is 0.416 e. The summed E-state index contributed by atoms with van der Waals surface area (Å²) in [5.74, 6) is 2.10. The van der Waals surface area contributed by atoms with Crippen LogP contribution in [0.2, 0.25) is 0 Å². The highest BCUT2D eigenvalue weighted by atomic mass is 32.1. The van der Waals surface area contributed by atoms with Gasteiger partial charge in [-0.3, -0.25) is 0 Å². The van der Waals surface area contributed by atoms with E-state index in [1.807, 2.05) is 109 Å². The molecule has 3 aromatic heterocycles. The van der Waals surface area contributed by atoms with Crippen molar-refractivity contribution >= 4 is 31.5 Å². The molecule has 8 aromatic carbocycles. The van der Waals surface area contributed by atoms with Crippen LogP contribution in [0.15, 0.2) is 194 Å². The van der Waals surface area contributed by atoms with E-state index in [0.717, 1.165) is 88.9 Å². The summed E-state index contributed by atoms with van der Waals surface area (Å²) in [6.07, 6.45) is -8.93. The molecule has 0 spiro atoms. The predicted octanol–water partition coefficient (Wildman–Crippen LogP) is 15.8. The van der Waals surface area contributed by atoms with E-state index >= 15 is 0 Å². The number of hydrogen-bond donors (Lipinski definition) is 0. The lowest BCUT2D eigenvalue weighted by atomic mass is 9.99. The monoisotopic (exact) mass is 934 g/mol. The molecule has 11 rings (SSSR count). The van der Waals surface area contributed by atoms with Gasteiger partial charge >= 0.3 is 12.4 Å². The molecule has 0 aliphatic rings. The zero-order chi connectivity index (χ0) is 47.3. The lowest BCUT2D eigenvalue weighted by Gasteiger charge is -2.10. The van der Waals surface area contributed by atoms with Crippen LogP contribution in [0, 0.1) is 0 Å². The van der Waals surface area contributed by atoms with E-state index in [1.165, 1.54) is 24.3 Å². The second-order valence-corrected chi connectivity index (χ2v) is 17.3. The minimum absolute atomic E-state index is 0.260. The van der Waals surface area contributed by atoms with Gasteiger partial charge in [0.25, 0.3) is 0 Å². The van der Waals surface area contributed by atoms with Gasteiger partial charge in [0.1, 0.15) is 0 Å². The van der Waals surface area contributed by atoms with Crippen molar-refractivity contribution in [2.45, 2.75) is 12.4 Å². The van der Waals surface area contributed by atoms with Crippen molar-refractivity contribution in [3.8, 4) is 90.6 Å². The van der Waals surface area contributed by atoms with E-state index in [1.54, 1.807) is 11.3 Å². The lowest BCUT2D eigenvalue weighted by molar-refractivity contribution is -0.138. The van der Waals surface area contributed by atoms with Crippen LogP contribution in [0.3, 0.4) is 0 Å². The Morgan fingerprint density at radius 1 is 0.261 bits per heavy atom. The normalized spacial score (nSPS) is 11.9.